The van der Waals surface area contributed by atoms with Crippen LogP contribution in [0.25, 0.3) is 0 Å². The molecule has 1 rings (SSSR count). The lowest BCUT2D eigenvalue weighted by Crippen LogP contribution is -2.31. The first-order valence-corrected chi connectivity index (χ1v) is 6.04. The molecule has 0 aliphatic rings. The van der Waals surface area contributed by atoms with Gasteiger partial charge in [0, 0.05) is 12.8 Å². The molecule has 106 valence electrons. The Bertz CT molecular complexity index is 367. The fourth-order valence-electron chi connectivity index (χ4n) is 1.28. The van der Waals surface area contributed by atoms with Gasteiger partial charge in [-0.2, -0.15) is 0 Å². The molecule has 0 aliphatic heterocycles. The number of benzene rings is 1. The van der Waals surface area contributed by atoms with Crippen molar-refractivity contribution in [2.75, 3.05) is 45.8 Å². The third-order valence-electron chi connectivity index (χ3n) is 2.24. The highest BCUT2D eigenvalue weighted by molar-refractivity contribution is 5.77. The molecule has 19 heavy (non-hydrogen) atoms. The van der Waals surface area contributed by atoms with E-state index in [1.165, 1.54) is 0 Å². The minimum atomic E-state index is -0.169. The van der Waals surface area contributed by atoms with Gasteiger partial charge >= 0.3 is 0 Å². The summed E-state index contributed by atoms with van der Waals surface area (Å²) in [5.41, 5.74) is 6.24. The number of nitrogen functional groups attached to an aromatic ring is 1. The van der Waals surface area contributed by atoms with Crippen LogP contribution >= 0.6 is 0 Å². The van der Waals surface area contributed by atoms with Crippen LogP contribution in [0.2, 0.25) is 0 Å². The van der Waals surface area contributed by atoms with Crippen molar-refractivity contribution in [2.45, 2.75) is 0 Å². The first-order valence-electron chi connectivity index (χ1n) is 6.04. The number of nitrogens with two attached hydrogens (primary N) is 1. The highest BCUT2D eigenvalue weighted by Gasteiger charge is 2.00. The maximum Gasteiger partial charge on any atom is 0.246 e. The molecule has 0 atom stereocenters. The quantitative estimate of drug-likeness (QED) is 0.501. The Hall–Kier alpha value is -1.79. The molecule has 3 N–H and O–H groups in total. The molecule has 0 aromatic heterocycles. The molecule has 0 fully saturated rings. The molecule has 6 nitrogen and oxygen atoms in total. The van der Waals surface area contributed by atoms with Crippen LogP contribution in [0.15, 0.2) is 24.3 Å². The van der Waals surface area contributed by atoms with Crippen LogP contribution in [-0.4, -0.2) is 46.0 Å². The van der Waals surface area contributed by atoms with Gasteiger partial charge in [0.05, 0.1) is 19.8 Å². The molecule has 0 saturated carbocycles. The zero-order chi connectivity index (χ0) is 13.9. The third kappa shape index (κ3) is 7.28. The summed E-state index contributed by atoms with van der Waals surface area (Å²) in [6.07, 6.45) is 0. The SMILES string of the molecule is COCCOCC(=O)NCCOc1ccc(N)cc1. The van der Waals surface area contributed by atoms with E-state index in [-0.39, 0.29) is 12.5 Å². The predicted molar refractivity (Wildman–Crippen MR) is 72.1 cm³/mol. The fourth-order valence-corrected chi connectivity index (χ4v) is 1.28. The second-order valence-electron chi connectivity index (χ2n) is 3.81. The maximum absolute atomic E-state index is 11.3. The zero-order valence-corrected chi connectivity index (χ0v) is 11.1. The number of ether oxygens (including phenoxy) is 3. The van der Waals surface area contributed by atoms with Gasteiger partial charge < -0.3 is 25.3 Å². The lowest BCUT2D eigenvalue weighted by atomic mass is 10.3. The number of nitrogens with one attached hydrogen (secondary N) is 1. The van der Waals surface area contributed by atoms with Crippen molar-refractivity contribution in [3.63, 3.8) is 0 Å². The molecule has 1 aromatic carbocycles. The number of anilines is 1. The normalized spacial score (nSPS) is 10.2. The topological polar surface area (TPSA) is 82.8 Å². The lowest BCUT2D eigenvalue weighted by molar-refractivity contribution is -0.126. The molecule has 0 spiro atoms. The molecule has 0 saturated heterocycles. The van der Waals surface area contributed by atoms with Crippen molar-refractivity contribution in [3.8, 4) is 5.75 Å². The second-order valence-corrected chi connectivity index (χ2v) is 3.81. The number of amides is 1. The van der Waals surface area contributed by atoms with Crippen molar-refractivity contribution < 1.29 is 19.0 Å². The van der Waals surface area contributed by atoms with Crippen LogP contribution in [0.1, 0.15) is 0 Å². The first-order chi connectivity index (χ1) is 9.22. The van der Waals surface area contributed by atoms with Gasteiger partial charge in [0.2, 0.25) is 5.91 Å². The van der Waals surface area contributed by atoms with Crippen LogP contribution < -0.4 is 15.8 Å². The van der Waals surface area contributed by atoms with Gasteiger partial charge in [0.15, 0.2) is 0 Å². The van der Waals surface area contributed by atoms with E-state index in [9.17, 15) is 4.79 Å². The molecular weight excluding hydrogens is 248 g/mol. The second kappa shape index (κ2) is 9.18. The average molecular weight is 268 g/mol. The number of hydrogen-bond acceptors (Lipinski definition) is 5. The molecule has 6 heteroatoms. The average Bonchev–Trinajstić information content (AvgIpc) is 2.42. The van der Waals surface area contributed by atoms with Gasteiger partial charge in [0.1, 0.15) is 19.0 Å². The minimum absolute atomic E-state index is 0.0330. The van der Waals surface area contributed by atoms with Crippen LogP contribution in [0.4, 0.5) is 5.69 Å². The number of hydrogen-bond donors (Lipinski definition) is 2. The molecule has 0 aliphatic carbocycles. The van der Waals surface area contributed by atoms with Crippen LogP contribution in [0.5, 0.6) is 5.75 Å². The Morgan fingerprint density at radius 3 is 2.63 bits per heavy atom. The number of rotatable bonds is 9. The van der Waals surface area contributed by atoms with E-state index in [0.717, 1.165) is 5.75 Å². The van der Waals surface area contributed by atoms with Crippen LogP contribution in [0, 0.1) is 0 Å². The summed E-state index contributed by atoms with van der Waals surface area (Å²) >= 11 is 0. The van der Waals surface area contributed by atoms with E-state index in [2.05, 4.69) is 5.32 Å². The summed E-state index contributed by atoms with van der Waals surface area (Å²) in [6, 6.07) is 7.09. The van der Waals surface area contributed by atoms with E-state index in [1.54, 1.807) is 31.4 Å². The summed E-state index contributed by atoms with van der Waals surface area (Å²) in [5.74, 6) is 0.553. The van der Waals surface area contributed by atoms with Gasteiger partial charge in [-0.3, -0.25) is 4.79 Å². The van der Waals surface area contributed by atoms with Crippen molar-refractivity contribution in [2.24, 2.45) is 0 Å². The Kier molecular flexibility index (Phi) is 7.38. The van der Waals surface area contributed by atoms with Gasteiger partial charge in [0.25, 0.3) is 0 Å². The molecule has 0 bridgehead atoms. The molecule has 0 heterocycles. The molecule has 1 amide bonds. The van der Waals surface area contributed by atoms with Crippen LogP contribution in [-0.2, 0) is 14.3 Å². The van der Waals surface area contributed by atoms with Crippen molar-refractivity contribution in [3.05, 3.63) is 24.3 Å². The summed E-state index contributed by atoms with van der Waals surface area (Å²) < 4.78 is 15.3. The smallest absolute Gasteiger partial charge is 0.246 e. The monoisotopic (exact) mass is 268 g/mol. The number of carbonyl (C=O) groups excluding carboxylic acids is 1. The standard InChI is InChI=1S/C13H20N2O4/c1-17-8-9-18-10-13(16)15-6-7-19-12-4-2-11(14)3-5-12/h2-5H,6-10,14H2,1H3,(H,15,16). The predicted octanol–water partition coefficient (Wildman–Crippen LogP) is 0.427. The van der Waals surface area contributed by atoms with Crippen molar-refractivity contribution >= 4 is 11.6 Å². The van der Waals surface area contributed by atoms with E-state index in [0.29, 0.717) is 32.1 Å². The van der Waals surface area contributed by atoms with E-state index < -0.39 is 0 Å². The molecule has 1 aromatic rings. The Labute approximate surface area is 112 Å². The van der Waals surface area contributed by atoms with E-state index >= 15 is 0 Å². The molecule has 0 unspecified atom stereocenters. The maximum atomic E-state index is 11.3. The summed E-state index contributed by atoms with van der Waals surface area (Å²) in [4.78, 5) is 11.3. The Morgan fingerprint density at radius 2 is 1.95 bits per heavy atom. The Balaban J connectivity index is 2.03. The summed E-state index contributed by atoms with van der Waals surface area (Å²) in [5, 5.41) is 2.69. The largest absolute Gasteiger partial charge is 0.492 e. The number of carbonyl (C=O) groups is 1. The lowest BCUT2D eigenvalue weighted by Gasteiger charge is -2.08. The molecule has 0 radical (unpaired) electrons. The van der Waals surface area contributed by atoms with Crippen LogP contribution in [0.3, 0.4) is 0 Å². The van der Waals surface area contributed by atoms with E-state index in [4.69, 9.17) is 19.9 Å². The van der Waals surface area contributed by atoms with E-state index in [1.807, 2.05) is 0 Å². The number of methoxy groups -OCH3 is 1. The van der Waals surface area contributed by atoms with Gasteiger partial charge in [-0.15, -0.1) is 0 Å². The minimum Gasteiger partial charge on any atom is -0.492 e. The highest BCUT2D eigenvalue weighted by atomic mass is 16.5. The van der Waals surface area contributed by atoms with Crippen molar-refractivity contribution in [1.29, 1.82) is 0 Å². The van der Waals surface area contributed by atoms with Gasteiger partial charge in [-0.25, -0.2) is 0 Å². The van der Waals surface area contributed by atoms with Gasteiger partial charge in [-0.05, 0) is 24.3 Å². The summed E-state index contributed by atoms with van der Waals surface area (Å²) in [6.45, 7) is 1.75. The Morgan fingerprint density at radius 1 is 1.21 bits per heavy atom. The molecular formula is C13H20N2O4. The highest BCUT2D eigenvalue weighted by Crippen LogP contribution is 2.12. The first kappa shape index (κ1) is 15.3. The fraction of sp³-hybridized carbons (Fsp3) is 0.462. The van der Waals surface area contributed by atoms with Crippen molar-refractivity contribution in [1.82, 2.24) is 5.32 Å². The van der Waals surface area contributed by atoms with Gasteiger partial charge in [-0.1, -0.05) is 0 Å². The third-order valence-corrected chi connectivity index (χ3v) is 2.24. The summed E-state index contributed by atoms with van der Waals surface area (Å²) in [7, 11) is 1.58. The zero-order valence-electron chi connectivity index (χ0n) is 11.1.